The number of nitrogens with one attached hydrogen (secondary N) is 2. The second kappa shape index (κ2) is 10.6. The van der Waals surface area contributed by atoms with Gasteiger partial charge in [0.1, 0.15) is 11.6 Å². The number of aryl methyl sites for hydroxylation is 2. The number of carbonyl (C=O) groups excluding carboxylic acids is 1. The molecule has 1 aliphatic heterocycles. The Hall–Kier alpha value is -2.87. The van der Waals surface area contributed by atoms with Gasteiger partial charge in [-0.2, -0.15) is 4.98 Å². The summed E-state index contributed by atoms with van der Waals surface area (Å²) in [5, 5.41) is 6.13. The van der Waals surface area contributed by atoms with E-state index in [1.165, 1.54) is 0 Å². The zero-order chi connectivity index (χ0) is 20.5. The Morgan fingerprint density at radius 1 is 1.17 bits per heavy atom. The Labute approximate surface area is 171 Å². The van der Waals surface area contributed by atoms with Crippen molar-refractivity contribution >= 4 is 17.7 Å². The zero-order valence-corrected chi connectivity index (χ0v) is 17.1. The molecule has 1 aromatic carbocycles. The van der Waals surface area contributed by atoms with Gasteiger partial charge >= 0.3 is 0 Å². The van der Waals surface area contributed by atoms with Gasteiger partial charge in [-0.3, -0.25) is 4.79 Å². The quantitative estimate of drug-likeness (QED) is 0.622. The molecular weight excluding hydrogens is 370 g/mol. The Balaban J connectivity index is 1.39. The van der Waals surface area contributed by atoms with Gasteiger partial charge in [0, 0.05) is 44.4 Å². The molecule has 1 fully saturated rings. The Morgan fingerprint density at radius 3 is 2.66 bits per heavy atom. The van der Waals surface area contributed by atoms with Crippen molar-refractivity contribution in [3.05, 3.63) is 41.6 Å². The van der Waals surface area contributed by atoms with Crippen LogP contribution in [0.2, 0.25) is 0 Å². The molecule has 2 aromatic rings. The number of aromatic nitrogens is 2. The molecule has 0 aliphatic carbocycles. The molecule has 1 aliphatic rings. The third kappa shape index (κ3) is 6.60. The first-order chi connectivity index (χ1) is 14.1. The maximum atomic E-state index is 12.1. The minimum Gasteiger partial charge on any atom is -0.497 e. The fourth-order valence-electron chi connectivity index (χ4n) is 3.10. The lowest BCUT2D eigenvalue weighted by atomic mass is 10.1. The maximum Gasteiger partial charge on any atom is 0.224 e. The minimum atomic E-state index is 0.0294. The van der Waals surface area contributed by atoms with Gasteiger partial charge in [-0.15, -0.1) is 0 Å². The van der Waals surface area contributed by atoms with E-state index in [2.05, 4.69) is 25.5 Å². The number of nitrogens with zero attached hydrogens (tertiary/aromatic N) is 3. The van der Waals surface area contributed by atoms with Crippen LogP contribution in [0.1, 0.15) is 17.7 Å². The van der Waals surface area contributed by atoms with Crippen molar-refractivity contribution < 1.29 is 14.3 Å². The highest BCUT2D eigenvalue weighted by Crippen LogP contribution is 2.16. The van der Waals surface area contributed by atoms with Crippen molar-refractivity contribution in [1.82, 2.24) is 15.3 Å². The van der Waals surface area contributed by atoms with Gasteiger partial charge in [0.2, 0.25) is 11.9 Å². The van der Waals surface area contributed by atoms with E-state index >= 15 is 0 Å². The molecule has 0 unspecified atom stereocenters. The van der Waals surface area contributed by atoms with Crippen LogP contribution in [0.5, 0.6) is 5.75 Å². The summed E-state index contributed by atoms with van der Waals surface area (Å²) in [5.74, 6) is 2.34. The highest BCUT2D eigenvalue weighted by atomic mass is 16.5. The number of ether oxygens (including phenoxy) is 2. The molecule has 2 N–H and O–H groups in total. The van der Waals surface area contributed by atoms with Gasteiger partial charge < -0.3 is 25.0 Å². The Bertz CT molecular complexity index is 791. The molecule has 0 radical (unpaired) electrons. The van der Waals surface area contributed by atoms with E-state index in [9.17, 15) is 4.79 Å². The largest absolute Gasteiger partial charge is 0.497 e. The predicted octanol–water partition coefficient (Wildman–Crippen LogP) is 1.79. The molecule has 2 heterocycles. The summed E-state index contributed by atoms with van der Waals surface area (Å²) in [5.41, 5.74) is 2.02. The first-order valence-electron chi connectivity index (χ1n) is 9.96. The Morgan fingerprint density at radius 2 is 1.93 bits per heavy atom. The summed E-state index contributed by atoms with van der Waals surface area (Å²) in [4.78, 5) is 23.3. The Kier molecular flexibility index (Phi) is 7.63. The SMILES string of the molecule is COc1ccc(CCC(=O)NCCNc2nc(C)cc(N3CCOCC3)n2)cc1. The number of rotatable bonds is 9. The number of hydrogen-bond donors (Lipinski definition) is 2. The van der Waals surface area contributed by atoms with E-state index in [0.29, 0.717) is 45.1 Å². The monoisotopic (exact) mass is 399 g/mol. The second-order valence-corrected chi connectivity index (χ2v) is 6.92. The van der Waals surface area contributed by atoms with Gasteiger partial charge in [-0.1, -0.05) is 12.1 Å². The fourth-order valence-corrected chi connectivity index (χ4v) is 3.10. The summed E-state index contributed by atoms with van der Waals surface area (Å²) in [7, 11) is 1.64. The third-order valence-electron chi connectivity index (χ3n) is 4.71. The third-order valence-corrected chi connectivity index (χ3v) is 4.71. The molecule has 0 spiro atoms. The van der Waals surface area contributed by atoms with E-state index in [1.807, 2.05) is 37.3 Å². The second-order valence-electron chi connectivity index (χ2n) is 6.92. The molecule has 1 saturated heterocycles. The van der Waals surface area contributed by atoms with Crippen LogP contribution in [0.3, 0.4) is 0 Å². The molecule has 0 bridgehead atoms. The smallest absolute Gasteiger partial charge is 0.224 e. The first kappa shape index (κ1) is 20.9. The molecule has 29 heavy (non-hydrogen) atoms. The number of anilines is 2. The lowest BCUT2D eigenvalue weighted by Gasteiger charge is -2.28. The molecule has 8 nitrogen and oxygen atoms in total. The normalized spacial score (nSPS) is 13.8. The maximum absolute atomic E-state index is 12.1. The van der Waals surface area contributed by atoms with Gasteiger partial charge in [0.25, 0.3) is 0 Å². The van der Waals surface area contributed by atoms with Crippen LogP contribution >= 0.6 is 0 Å². The fraction of sp³-hybridized carbons (Fsp3) is 0.476. The van der Waals surface area contributed by atoms with Gasteiger partial charge in [0.05, 0.1) is 20.3 Å². The number of morpholine rings is 1. The van der Waals surface area contributed by atoms with Crippen molar-refractivity contribution in [1.29, 1.82) is 0 Å². The molecule has 0 atom stereocenters. The standard InChI is InChI=1S/C21H29N5O3/c1-16-15-19(26-11-13-29-14-12-26)25-21(24-16)23-10-9-22-20(27)8-5-17-3-6-18(28-2)7-4-17/h3-4,6-7,15H,5,8-14H2,1-2H3,(H,22,27)(H,23,24,25). The van der Waals surface area contributed by atoms with Gasteiger partial charge in [-0.25, -0.2) is 4.98 Å². The van der Waals surface area contributed by atoms with Crippen LogP contribution in [0.25, 0.3) is 0 Å². The molecule has 0 saturated carbocycles. The molecule has 156 valence electrons. The summed E-state index contributed by atoms with van der Waals surface area (Å²) in [6, 6.07) is 9.76. The van der Waals surface area contributed by atoms with Gasteiger partial charge in [0.15, 0.2) is 0 Å². The summed E-state index contributed by atoms with van der Waals surface area (Å²) in [6.45, 7) is 6.15. The summed E-state index contributed by atoms with van der Waals surface area (Å²) >= 11 is 0. The van der Waals surface area contributed by atoms with Crippen LogP contribution in [0.15, 0.2) is 30.3 Å². The molecule has 1 amide bonds. The number of hydrogen-bond acceptors (Lipinski definition) is 7. The van der Waals surface area contributed by atoms with Crippen LogP contribution < -0.4 is 20.3 Å². The number of carbonyl (C=O) groups is 1. The van der Waals surface area contributed by atoms with Crippen LogP contribution in [0.4, 0.5) is 11.8 Å². The molecule has 1 aromatic heterocycles. The number of methoxy groups -OCH3 is 1. The number of amides is 1. The van der Waals surface area contributed by atoms with Crippen LogP contribution in [0, 0.1) is 6.92 Å². The predicted molar refractivity (Wildman–Crippen MR) is 113 cm³/mol. The van der Waals surface area contributed by atoms with Crippen molar-refractivity contribution in [2.75, 3.05) is 56.7 Å². The van der Waals surface area contributed by atoms with Crippen LogP contribution in [-0.2, 0) is 16.0 Å². The zero-order valence-electron chi connectivity index (χ0n) is 17.1. The van der Waals surface area contributed by atoms with Crippen LogP contribution in [-0.4, -0.2) is 62.4 Å². The summed E-state index contributed by atoms with van der Waals surface area (Å²) in [6.07, 6.45) is 1.15. The van der Waals surface area contributed by atoms with E-state index in [1.54, 1.807) is 7.11 Å². The average molecular weight is 399 g/mol. The topological polar surface area (TPSA) is 88.6 Å². The summed E-state index contributed by atoms with van der Waals surface area (Å²) < 4.78 is 10.5. The van der Waals surface area contributed by atoms with Crippen molar-refractivity contribution in [3.63, 3.8) is 0 Å². The van der Waals surface area contributed by atoms with E-state index < -0.39 is 0 Å². The molecule has 8 heteroatoms. The highest BCUT2D eigenvalue weighted by Gasteiger charge is 2.14. The van der Waals surface area contributed by atoms with E-state index in [0.717, 1.165) is 35.9 Å². The minimum absolute atomic E-state index is 0.0294. The van der Waals surface area contributed by atoms with Gasteiger partial charge in [-0.05, 0) is 31.0 Å². The molecule has 3 rings (SSSR count). The molecular formula is C21H29N5O3. The highest BCUT2D eigenvalue weighted by molar-refractivity contribution is 5.76. The lowest BCUT2D eigenvalue weighted by molar-refractivity contribution is -0.120. The van der Waals surface area contributed by atoms with Crippen molar-refractivity contribution in [2.24, 2.45) is 0 Å². The van der Waals surface area contributed by atoms with E-state index in [4.69, 9.17) is 9.47 Å². The average Bonchev–Trinajstić information content (AvgIpc) is 2.76. The first-order valence-corrected chi connectivity index (χ1v) is 9.96. The number of benzene rings is 1. The lowest BCUT2D eigenvalue weighted by Crippen LogP contribution is -2.37. The van der Waals surface area contributed by atoms with E-state index in [-0.39, 0.29) is 5.91 Å². The van der Waals surface area contributed by atoms with Crippen molar-refractivity contribution in [3.8, 4) is 5.75 Å². The van der Waals surface area contributed by atoms with Crippen molar-refractivity contribution in [2.45, 2.75) is 19.8 Å².